The molecule has 2 nitrogen and oxygen atoms in total. The van der Waals surface area contributed by atoms with Gasteiger partial charge in [-0.25, -0.2) is 4.39 Å². The molecule has 3 heteroatoms. The molecule has 0 aliphatic rings. The summed E-state index contributed by atoms with van der Waals surface area (Å²) in [5.41, 5.74) is 5.45. The van der Waals surface area contributed by atoms with Crippen molar-refractivity contribution in [3.63, 3.8) is 0 Å². The summed E-state index contributed by atoms with van der Waals surface area (Å²) in [7, 11) is 0. The van der Waals surface area contributed by atoms with Crippen LogP contribution in [0.25, 0.3) is 0 Å². The molecule has 0 atom stereocenters. The van der Waals surface area contributed by atoms with Gasteiger partial charge in [0.2, 0.25) is 0 Å². The van der Waals surface area contributed by atoms with Crippen LogP contribution >= 0.6 is 0 Å². The van der Waals surface area contributed by atoms with Gasteiger partial charge in [-0.3, -0.25) is 0 Å². The van der Waals surface area contributed by atoms with Gasteiger partial charge in [-0.15, -0.1) is 0 Å². The Morgan fingerprint density at radius 1 is 0.920 bits per heavy atom. The second kappa shape index (κ2) is 7.84. The summed E-state index contributed by atoms with van der Waals surface area (Å²) in [5, 5.41) is 3.48. The topological polar surface area (TPSA) is 21.3 Å². The van der Waals surface area contributed by atoms with Crippen LogP contribution < -0.4 is 10.1 Å². The Morgan fingerprint density at radius 3 is 2.60 bits per heavy atom. The maximum absolute atomic E-state index is 13.3. The number of para-hydroxylation sites is 1. The van der Waals surface area contributed by atoms with Gasteiger partial charge in [-0.05, 0) is 54.8 Å². The zero-order valence-corrected chi connectivity index (χ0v) is 14.6. The second-order valence-electron chi connectivity index (χ2n) is 6.20. The van der Waals surface area contributed by atoms with E-state index in [4.69, 9.17) is 4.74 Å². The second-order valence-corrected chi connectivity index (χ2v) is 6.20. The number of ether oxygens (including phenoxy) is 1. The molecule has 0 aliphatic heterocycles. The molecule has 0 aliphatic carbocycles. The molecule has 0 unspecified atom stereocenters. The predicted molar refractivity (Wildman–Crippen MR) is 100 cm³/mol. The molecule has 0 saturated heterocycles. The van der Waals surface area contributed by atoms with Crippen molar-refractivity contribution in [1.82, 2.24) is 0 Å². The minimum Gasteiger partial charge on any atom is -0.489 e. The number of halogens is 1. The standard InChI is InChI=1S/C22H22FNO/c1-16-10-11-17(2)21(12-16)24-14-19-7-3-4-9-22(19)25-15-18-6-5-8-20(23)13-18/h3-13,24H,14-15H2,1-2H3. The smallest absolute Gasteiger partial charge is 0.124 e. The van der Waals surface area contributed by atoms with E-state index < -0.39 is 0 Å². The summed E-state index contributed by atoms with van der Waals surface area (Å²) in [6, 6.07) is 20.8. The Bertz CT molecular complexity index is 860. The third-order valence-corrected chi connectivity index (χ3v) is 4.12. The summed E-state index contributed by atoms with van der Waals surface area (Å²) in [4.78, 5) is 0. The Balaban J connectivity index is 1.69. The monoisotopic (exact) mass is 335 g/mol. The first-order chi connectivity index (χ1) is 12.1. The van der Waals surface area contributed by atoms with Crippen molar-refractivity contribution in [3.05, 3.63) is 94.8 Å². The molecule has 3 aromatic carbocycles. The molecule has 0 spiro atoms. The summed E-state index contributed by atoms with van der Waals surface area (Å²) in [6.07, 6.45) is 0. The average Bonchev–Trinajstić information content (AvgIpc) is 2.61. The Hall–Kier alpha value is -2.81. The molecule has 128 valence electrons. The highest BCUT2D eigenvalue weighted by atomic mass is 19.1. The molecule has 3 aromatic rings. The fourth-order valence-electron chi connectivity index (χ4n) is 2.70. The number of aryl methyl sites for hydroxylation is 2. The van der Waals surface area contributed by atoms with Gasteiger partial charge < -0.3 is 10.1 Å². The summed E-state index contributed by atoms with van der Waals surface area (Å²) < 4.78 is 19.2. The van der Waals surface area contributed by atoms with Crippen LogP contribution in [-0.4, -0.2) is 0 Å². The van der Waals surface area contributed by atoms with Crippen LogP contribution in [0.4, 0.5) is 10.1 Å². The quantitative estimate of drug-likeness (QED) is 0.630. The zero-order chi connectivity index (χ0) is 17.6. The van der Waals surface area contributed by atoms with E-state index in [0.29, 0.717) is 13.2 Å². The Labute approximate surface area is 148 Å². The maximum atomic E-state index is 13.3. The zero-order valence-electron chi connectivity index (χ0n) is 14.6. The van der Waals surface area contributed by atoms with E-state index in [2.05, 4.69) is 37.4 Å². The van der Waals surface area contributed by atoms with Crippen LogP contribution in [0.1, 0.15) is 22.3 Å². The number of hydrogen-bond donors (Lipinski definition) is 1. The molecular formula is C22H22FNO. The first kappa shape index (κ1) is 17.0. The lowest BCUT2D eigenvalue weighted by atomic mass is 10.1. The van der Waals surface area contributed by atoms with E-state index in [1.165, 1.54) is 23.3 Å². The van der Waals surface area contributed by atoms with Gasteiger partial charge in [-0.1, -0.05) is 42.5 Å². The highest BCUT2D eigenvalue weighted by Gasteiger charge is 2.05. The van der Waals surface area contributed by atoms with Crippen molar-refractivity contribution in [2.75, 3.05) is 5.32 Å². The van der Waals surface area contributed by atoms with Crippen LogP contribution in [0.2, 0.25) is 0 Å². The molecule has 1 N–H and O–H groups in total. The predicted octanol–water partition coefficient (Wildman–Crippen LogP) is 5.63. The SMILES string of the molecule is Cc1ccc(C)c(NCc2ccccc2OCc2cccc(F)c2)c1. The van der Waals surface area contributed by atoms with Crippen LogP contribution in [0, 0.1) is 19.7 Å². The highest BCUT2D eigenvalue weighted by molar-refractivity contribution is 5.53. The first-order valence-corrected chi connectivity index (χ1v) is 8.38. The lowest BCUT2D eigenvalue weighted by Gasteiger charge is -2.14. The molecular weight excluding hydrogens is 313 g/mol. The van der Waals surface area contributed by atoms with Gasteiger partial charge >= 0.3 is 0 Å². The van der Waals surface area contributed by atoms with Gasteiger partial charge in [0.15, 0.2) is 0 Å². The molecule has 0 aromatic heterocycles. The fourth-order valence-corrected chi connectivity index (χ4v) is 2.70. The number of rotatable bonds is 6. The van der Waals surface area contributed by atoms with Crippen LogP contribution in [0.15, 0.2) is 66.7 Å². The molecule has 0 heterocycles. The van der Waals surface area contributed by atoms with E-state index in [-0.39, 0.29) is 5.82 Å². The molecule has 0 saturated carbocycles. The summed E-state index contributed by atoms with van der Waals surface area (Å²) in [5.74, 6) is 0.565. The number of anilines is 1. The lowest BCUT2D eigenvalue weighted by Crippen LogP contribution is -2.05. The van der Waals surface area contributed by atoms with Crippen molar-refractivity contribution >= 4 is 5.69 Å². The van der Waals surface area contributed by atoms with Crippen LogP contribution in [0.3, 0.4) is 0 Å². The normalized spacial score (nSPS) is 10.5. The molecule has 0 fully saturated rings. The summed E-state index contributed by atoms with van der Waals surface area (Å²) >= 11 is 0. The van der Waals surface area contributed by atoms with E-state index in [0.717, 1.165) is 22.6 Å². The molecule has 3 rings (SSSR count). The molecule has 25 heavy (non-hydrogen) atoms. The number of benzene rings is 3. The van der Waals surface area contributed by atoms with Crippen LogP contribution in [-0.2, 0) is 13.2 Å². The Morgan fingerprint density at radius 2 is 1.76 bits per heavy atom. The highest BCUT2D eigenvalue weighted by Crippen LogP contribution is 2.23. The van der Waals surface area contributed by atoms with Crippen molar-refractivity contribution in [1.29, 1.82) is 0 Å². The van der Waals surface area contributed by atoms with Gasteiger partial charge in [0, 0.05) is 17.8 Å². The van der Waals surface area contributed by atoms with E-state index in [1.807, 2.05) is 30.3 Å². The molecule has 0 amide bonds. The minimum atomic E-state index is -0.244. The van der Waals surface area contributed by atoms with Crippen molar-refractivity contribution in [3.8, 4) is 5.75 Å². The summed E-state index contributed by atoms with van der Waals surface area (Å²) in [6.45, 7) is 5.19. The molecule has 0 radical (unpaired) electrons. The third-order valence-electron chi connectivity index (χ3n) is 4.12. The van der Waals surface area contributed by atoms with Crippen LogP contribution in [0.5, 0.6) is 5.75 Å². The average molecular weight is 335 g/mol. The van der Waals surface area contributed by atoms with Gasteiger partial charge in [0.25, 0.3) is 0 Å². The minimum absolute atomic E-state index is 0.244. The van der Waals surface area contributed by atoms with E-state index in [1.54, 1.807) is 6.07 Å². The number of nitrogens with one attached hydrogen (secondary N) is 1. The van der Waals surface area contributed by atoms with Crippen molar-refractivity contribution in [2.45, 2.75) is 27.0 Å². The molecule has 0 bridgehead atoms. The van der Waals surface area contributed by atoms with E-state index >= 15 is 0 Å². The number of hydrogen-bond acceptors (Lipinski definition) is 2. The maximum Gasteiger partial charge on any atom is 0.124 e. The first-order valence-electron chi connectivity index (χ1n) is 8.38. The fraction of sp³-hybridized carbons (Fsp3) is 0.182. The van der Waals surface area contributed by atoms with Gasteiger partial charge in [0.1, 0.15) is 18.2 Å². The van der Waals surface area contributed by atoms with Gasteiger partial charge in [0.05, 0.1) is 0 Å². The largest absolute Gasteiger partial charge is 0.489 e. The Kier molecular flexibility index (Phi) is 5.34. The van der Waals surface area contributed by atoms with Gasteiger partial charge in [-0.2, -0.15) is 0 Å². The lowest BCUT2D eigenvalue weighted by molar-refractivity contribution is 0.302. The van der Waals surface area contributed by atoms with E-state index in [9.17, 15) is 4.39 Å². The third kappa shape index (κ3) is 4.60. The van der Waals surface area contributed by atoms with Crippen molar-refractivity contribution in [2.24, 2.45) is 0 Å². The van der Waals surface area contributed by atoms with Crippen molar-refractivity contribution < 1.29 is 9.13 Å².